The van der Waals surface area contributed by atoms with Gasteiger partial charge in [0.2, 0.25) is 0 Å². The van der Waals surface area contributed by atoms with Gasteiger partial charge in [-0.1, -0.05) is 84.9 Å². The summed E-state index contributed by atoms with van der Waals surface area (Å²) in [6.07, 6.45) is 0.811. The van der Waals surface area contributed by atoms with Gasteiger partial charge in [-0.3, -0.25) is 10.2 Å². The lowest BCUT2D eigenvalue weighted by molar-refractivity contribution is 0.0955. The largest absolute Gasteiger partial charge is 0.493 e. The van der Waals surface area contributed by atoms with Crippen molar-refractivity contribution in [3.8, 4) is 22.6 Å². The van der Waals surface area contributed by atoms with Gasteiger partial charge >= 0.3 is 0 Å². The number of nitrogens with one attached hydrogen (secondary N) is 1. The number of aromatic nitrogens is 1. The summed E-state index contributed by atoms with van der Waals surface area (Å²) >= 11 is 0. The van der Waals surface area contributed by atoms with Gasteiger partial charge in [-0.2, -0.15) is 0 Å². The molecule has 0 saturated heterocycles. The van der Waals surface area contributed by atoms with Crippen LogP contribution in [0.4, 0.5) is 0 Å². The molecule has 39 heavy (non-hydrogen) atoms. The monoisotopic (exact) mass is 511 g/mol. The molecule has 0 aliphatic heterocycles. The molecule has 5 nitrogen and oxygen atoms in total. The van der Waals surface area contributed by atoms with Crippen molar-refractivity contribution in [2.24, 2.45) is 5.84 Å². The number of amides is 1. The van der Waals surface area contributed by atoms with Crippen LogP contribution in [-0.4, -0.2) is 17.1 Å². The predicted octanol–water partition coefficient (Wildman–Crippen LogP) is 6.98. The molecule has 5 aromatic carbocycles. The fourth-order valence-corrected chi connectivity index (χ4v) is 5.36. The number of benzene rings is 5. The highest BCUT2D eigenvalue weighted by atomic mass is 16.5. The topological polar surface area (TPSA) is 69.3 Å². The molecule has 6 rings (SSSR count). The number of nitrogens with two attached hydrogens (primary N) is 1. The fourth-order valence-electron chi connectivity index (χ4n) is 5.36. The summed E-state index contributed by atoms with van der Waals surface area (Å²) in [4.78, 5) is 13.0. The van der Waals surface area contributed by atoms with Crippen molar-refractivity contribution in [2.45, 2.75) is 13.3 Å². The van der Waals surface area contributed by atoms with Crippen LogP contribution in [0, 0.1) is 6.92 Å². The molecule has 6 aromatic rings. The first-order valence-electron chi connectivity index (χ1n) is 13.1. The predicted molar refractivity (Wildman–Crippen MR) is 158 cm³/mol. The summed E-state index contributed by atoms with van der Waals surface area (Å²) in [6.45, 7) is 2.63. The summed E-state index contributed by atoms with van der Waals surface area (Å²) in [5.41, 5.74) is 10.4. The standard InChI is InChI=1S/C34H29N3O2/c1-23-16-18-28(34(38)36-35)32-29-22-26(39-21-20-24-10-4-2-5-11-24)17-19-31(29)37(33(23)32)30-15-9-8-14-27(30)25-12-6-3-7-13-25/h2-19,22H,20-21,35H2,1H3,(H,36,38). The Kier molecular flexibility index (Phi) is 6.57. The lowest BCUT2D eigenvalue weighted by Gasteiger charge is -2.15. The second kappa shape index (κ2) is 10.5. The van der Waals surface area contributed by atoms with E-state index in [0.717, 1.165) is 56.4 Å². The van der Waals surface area contributed by atoms with E-state index in [1.807, 2.05) is 66.7 Å². The van der Waals surface area contributed by atoms with E-state index in [1.165, 1.54) is 5.56 Å². The van der Waals surface area contributed by atoms with Crippen LogP contribution in [0.3, 0.4) is 0 Å². The zero-order chi connectivity index (χ0) is 26.8. The third-order valence-electron chi connectivity index (χ3n) is 7.19. The molecular weight excluding hydrogens is 482 g/mol. The third kappa shape index (κ3) is 4.54. The Hall–Kier alpha value is -4.87. The minimum absolute atomic E-state index is 0.328. The number of hydrogen-bond acceptors (Lipinski definition) is 3. The molecule has 0 unspecified atom stereocenters. The van der Waals surface area contributed by atoms with Crippen LogP contribution in [0.5, 0.6) is 5.75 Å². The lowest BCUT2D eigenvalue weighted by Crippen LogP contribution is -2.30. The van der Waals surface area contributed by atoms with E-state index in [2.05, 4.69) is 65.4 Å². The second-order valence-electron chi connectivity index (χ2n) is 9.61. The Bertz CT molecular complexity index is 1790. The number of hydrazine groups is 1. The number of rotatable bonds is 7. The molecule has 0 radical (unpaired) electrons. The number of carbonyl (C=O) groups excluding carboxylic acids is 1. The molecule has 0 bridgehead atoms. The van der Waals surface area contributed by atoms with Crippen molar-refractivity contribution in [1.82, 2.24) is 9.99 Å². The molecule has 1 heterocycles. The molecule has 3 N–H and O–H groups in total. The van der Waals surface area contributed by atoms with Gasteiger partial charge in [0, 0.05) is 22.8 Å². The highest BCUT2D eigenvalue weighted by Gasteiger charge is 2.22. The highest BCUT2D eigenvalue weighted by Crippen LogP contribution is 2.40. The minimum atomic E-state index is -0.328. The SMILES string of the molecule is Cc1ccc(C(=O)NN)c2c3cc(OCCc4ccccc4)ccc3n(-c3ccccc3-c3ccccc3)c12. The van der Waals surface area contributed by atoms with E-state index in [0.29, 0.717) is 12.2 Å². The van der Waals surface area contributed by atoms with Gasteiger partial charge in [0.05, 0.1) is 28.9 Å². The van der Waals surface area contributed by atoms with Crippen LogP contribution in [-0.2, 0) is 6.42 Å². The van der Waals surface area contributed by atoms with Gasteiger partial charge in [0.25, 0.3) is 5.91 Å². The number of aryl methyl sites for hydroxylation is 1. The second-order valence-corrected chi connectivity index (χ2v) is 9.61. The average Bonchev–Trinajstić information content (AvgIpc) is 3.33. The van der Waals surface area contributed by atoms with Crippen molar-refractivity contribution in [1.29, 1.82) is 0 Å². The fraction of sp³-hybridized carbons (Fsp3) is 0.0882. The maximum atomic E-state index is 13.0. The van der Waals surface area contributed by atoms with E-state index >= 15 is 0 Å². The Morgan fingerprint density at radius 1 is 0.846 bits per heavy atom. The molecule has 0 aliphatic carbocycles. The molecule has 0 fully saturated rings. The number of carbonyl (C=O) groups is 1. The molecular formula is C34H29N3O2. The highest BCUT2D eigenvalue weighted by molar-refractivity contribution is 6.20. The smallest absolute Gasteiger partial charge is 0.265 e. The number of nitrogens with zero attached hydrogens (tertiary/aromatic N) is 1. The van der Waals surface area contributed by atoms with Crippen LogP contribution in [0.1, 0.15) is 21.5 Å². The molecule has 0 aliphatic rings. The Labute approximate surface area is 227 Å². The van der Waals surface area contributed by atoms with Crippen molar-refractivity contribution in [2.75, 3.05) is 6.61 Å². The van der Waals surface area contributed by atoms with E-state index in [4.69, 9.17) is 10.6 Å². The molecule has 1 amide bonds. The first-order chi connectivity index (χ1) is 19.2. The first kappa shape index (κ1) is 24.5. The third-order valence-corrected chi connectivity index (χ3v) is 7.19. The molecule has 0 atom stereocenters. The maximum Gasteiger partial charge on any atom is 0.265 e. The summed E-state index contributed by atoms with van der Waals surface area (Å²) < 4.78 is 8.45. The van der Waals surface area contributed by atoms with Gasteiger partial charge in [-0.15, -0.1) is 0 Å². The minimum Gasteiger partial charge on any atom is -0.493 e. The summed E-state index contributed by atoms with van der Waals surface area (Å²) in [5.74, 6) is 6.05. The van der Waals surface area contributed by atoms with Crippen LogP contribution in [0.2, 0.25) is 0 Å². The van der Waals surface area contributed by atoms with E-state index in [-0.39, 0.29) is 5.91 Å². The zero-order valence-corrected chi connectivity index (χ0v) is 21.7. The summed E-state index contributed by atoms with van der Waals surface area (Å²) in [6, 6.07) is 39.0. The summed E-state index contributed by atoms with van der Waals surface area (Å²) in [7, 11) is 0. The zero-order valence-electron chi connectivity index (χ0n) is 21.7. The summed E-state index contributed by atoms with van der Waals surface area (Å²) in [5, 5.41) is 1.79. The van der Waals surface area contributed by atoms with E-state index < -0.39 is 0 Å². The van der Waals surface area contributed by atoms with Crippen molar-refractivity contribution in [3.05, 3.63) is 132 Å². The Balaban J connectivity index is 1.56. The molecule has 192 valence electrons. The first-order valence-corrected chi connectivity index (χ1v) is 13.1. The molecule has 1 aromatic heterocycles. The normalized spacial score (nSPS) is 11.1. The molecule has 0 saturated carbocycles. The van der Waals surface area contributed by atoms with E-state index in [9.17, 15) is 4.79 Å². The van der Waals surface area contributed by atoms with Crippen molar-refractivity contribution < 1.29 is 9.53 Å². The molecule has 5 heteroatoms. The van der Waals surface area contributed by atoms with Crippen LogP contribution < -0.4 is 16.0 Å². The number of nitrogen functional groups attached to an aromatic ring is 1. The van der Waals surface area contributed by atoms with Gasteiger partial charge < -0.3 is 9.30 Å². The molecule has 0 spiro atoms. The van der Waals surface area contributed by atoms with Crippen LogP contribution in [0.25, 0.3) is 38.6 Å². The van der Waals surface area contributed by atoms with E-state index in [1.54, 1.807) is 0 Å². The lowest BCUT2D eigenvalue weighted by atomic mass is 10.0. The Morgan fingerprint density at radius 2 is 1.56 bits per heavy atom. The van der Waals surface area contributed by atoms with Gasteiger partial charge in [-0.25, -0.2) is 5.84 Å². The number of fused-ring (bicyclic) bond motifs is 3. The van der Waals surface area contributed by atoms with Crippen molar-refractivity contribution in [3.63, 3.8) is 0 Å². The quantitative estimate of drug-likeness (QED) is 0.138. The number of hydrogen-bond donors (Lipinski definition) is 2. The van der Waals surface area contributed by atoms with Crippen molar-refractivity contribution >= 4 is 27.7 Å². The maximum absolute atomic E-state index is 13.0. The van der Waals surface area contributed by atoms with Crippen LogP contribution in [0.15, 0.2) is 115 Å². The number of ether oxygens (including phenoxy) is 1. The number of para-hydroxylation sites is 1. The van der Waals surface area contributed by atoms with Gasteiger partial charge in [-0.05, 0) is 53.9 Å². The van der Waals surface area contributed by atoms with Gasteiger partial charge in [0.15, 0.2) is 0 Å². The average molecular weight is 512 g/mol. The Morgan fingerprint density at radius 3 is 2.33 bits per heavy atom. The van der Waals surface area contributed by atoms with Crippen LogP contribution >= 0.6 is 0 Å². The van der Waals surface area contributed by atoms with Gasteiger partial charge in [0.1, 0.15) is 5.75 Å².